The van der Waals surface area contributed by atoms with Crippen LogP contribution >= 0.6 is 11.6 Å². The summed E-state index contributed by atoms with van der Waals surface area (Å²) in [6, 6.07) is 11.6. The van der Waals surface area contributed by atoms with E-state index >= 15 is 0 Å². The van der Waals surface area contributed by atoms with Crippen LogP contribution in [0.4, 0.5) is 5.82 Å². The molecule has 0 fully saturated rings. The van der Waals surface area contributed by atoms with Crippen molar-refractivity contribution in [1.82, 2.24) is 24.5 Å². The fourth-order valence-electron chi connectivity index (χ4n) is 2.58. The van der Waals surface area contributed by atoms with Crippen molar-refractivity contribution < 1.29 is 0 Å². The lowest BCUT2D eigenvalue weighted by atomic mass is 10.2. The molecule has 0 aliphatic heterocycles. The van der Waals surface area contributed by atoms with E-state index in [2.05, 4.69) is 19.9 Å². The molecule has 1 aromatic carbocycles. The fraction of sp³-hybridized carbons (Fsp3) is 0.0588. The van der Waals surface area contributed by atoms with Crippen molar-refractivity contribution in [3.63, 3.8) is 0 Å². The molecule has 0 saturated carbocycles. The highest BCUT2D eigenvalue weighted by Crippen LogP contribution is 2.29. The number of alkyl halides is 1. The summed E-state index contributed by atoms with van der Waals surface area (Å²) in [6.07, 6.45) is 4.91. The van der Waals surface area contributed by atoms with E-state index in [-0.39, 0.29) is 0 Å². The molecule has 6 nitrogen and oxygen atoms in total. The number of nitrogens with zero attached hydrogens (tertiary/aromatic N) is 5. The number of fused-ring (bicyclic) bond motifs is 1. The molecule has 7 heteroatoms. The largest absolute Gasteiger partial charge is 0.383 e. The molecule has 0 atom stereocenters. The van der Waals surface area contributed by atoms with Gasteiger partial charge in [0.05, 0.1) is 5.56 Å². The Labute approximate surface area is 143 Å². The van der Waals surface area contributed by atoms with Gasteiger partial charge in [0.15, 0.2) is 17.1 Å². The molecular weight excluding hydrogens is 324 g/mol. The lowest BCUT2D eigenvalue weighted by Gasteiger charge is -2.10. The predicted octanol–water partition coefficient (Wildman–Crippen LogP) is 3.20. The van der Waals surface area contributed by atoms with Gasteiger partial charge < -0.3 is 5.73 Å². The normalized spacial score (nSPS) is 11.0. The third-order valence-corrected chi connectivity index (χ3v) is 4.03. The van der Waals surface area contributed by atoms with E-state index in [1.807, 2.05) is 41.0 Å². The summed E-state index contributed by atoms with van der Waals surface area (Å²) in [7, 11) is 0. The Balaban J connectivity index is 2.01. The number of halogens is 1. The zero-order valence-electron chi connectivity index (χ0n) is 12.6. The minimum Gasteiger partial charge on any atom is -0.383 e. The number of pyridine rings is 1. The second kappa shape index (κ2) is 5.90. The van der Waals surface area contributed by atoms with Crippen LogP contribution in [-0.2, 0) is 5.88 Å². The van der Waals surface area contributed by atoms with Crippen LogP contribution in [0.3, 0.4) is 0 Å². The molecule has 4 aromatic rings. The Bertz CT molecular complexity index is 1010. The van der Waals surface area contributed by atoms with Gasteiger partial charge in [0.2, 0.25) is 0 Å². The lowest BCUT2D eigenvalue weighted by molar-refractivity contribution is 1.07. The minimum absolute atomic E-state index is 0.409. The third-order valence-electron chi connectivity index (χ3n) is 3.72. The fourth-order valence-corrected chi connectivity index (χ4v) is 2.75. The van der Waals surface area contributed by atoms with Crippen LogP contribution in [0.5, 0.6) is 0 Å². The number of nitrogen functional groups attached to an aromatic ring is 1. The smallest absolute Gasteiger partial charge is 0.198 e. The van der Waals surface area contributed by atoms with Crippen LogP contribution in [0.1, 0.15) is 5.56 Å². The molecule has 118 valence electrons. The summed E-state index contributed by atoms with van der Waals surface area (Å²) in [5.41, 5.74) is 9.94. The predicted molar refractivity (Wildman–Crippen MR) is 93.9 cm³/mol. The van der Waals surface area contributed by atoms with E-state index in [1.165, 1.54) is 0 Å². The van der Waals surface area contributed by atoms with Crippen molar-refractivity contribution in [3.8, 4) is 17.1 Å². The van der Waals surface area contributed by atoms with Crippen molar-refractivity contribution in [1.29, 1.82) is 0 Å². The van der Waals surface area contributed by atoms with Crippen molar-refractivity contribution in [2.45, 2.75) is 5.88 Å². The SMILES string of the molecule is Nc1ncccc1-c1nc2nccnc2n1-c1ccc(CCl)cc1. The monoisotopic (exact) mass is 336 g/mol. The number of aromatic nitrogens is 5. The maximum atomic E-state index is 6.04. The van der Waals surface area contributed by atoms with Gasteiger partial charge in [-0.25, -0.2) is 19.9 Å². The summed E-state index contributed by atoms with van der Waals surface area (Å²) in [5, 5.41) is 0. The third kappa shape index (κ3) is 2.37. The van der Waals surface area contributed by atoms with Crippen molar-refractivity contribution in [2.24, 2.45) is 0 Å². The lowest BCUT2D eigenvalue weighted by Crippen LogP contribution is -2.02. The molecule has 0 aliphatic rings. The number of hydrogen-bond donors (Lipinski definition) is 1. The number of hydrogen-bond acceptors (Lipinski definition) is 5. The van der Waals surface area contributed by atoms with Gasteiger partial charge in [0, 0.05) is 30.2 Å². The van der Waals surface area contributed by atoms with Crippen molar-refractivity contribution in [3.05, 3.63) is 60.6 Å². The average Bonchev–Trinajstić information content (AvgIpc) is 3.01. The first-order valence-electron chi connectivity index (χ1n) is 7.33. The number of rotatable bonds is 3. The van der Waals surface area contributed by atoms with Crippen LogP contribution in [0.2, 0.25) is 0 Å². The quantitative estimate of drug-likeness (QED) is 0.581. The first-order chi connectivity index (χ1) is 11.8. The number of anilines is 1. The van der Waals surface area contributed by atoms with Crippen LogP contribution < -0.4 is 5.73 Å². The Morgan fingerprint density at radius 3 is 2.50 bits per heavy atom. The van der Waals surface area contributed by atoms with E-state index in [0.717, 1.165) is 16.8 Å². The summed E-state index contributed by atoms with van der Waals surface area (Å²) in [5.74, 6) is 1.53. The van der Waals surface area contributed by atoms with Gasteiger partial charge in [-0.1, -0.05) is 12.1 Å². The van der Waals surface area contributed by atoms with Gasteiger partial charge in [-0.3, -0.25) is 4.57 Å². The minimum atomic E-state index is 0.409. The molecule has 4 rings (SSSR count). The number of imidazole rings is 1. The highest BCUT2D eigenvalue weighted by atomic mass is 35.5. The van der Waals surface area contributed by atoms with E-state index in [9.17, 15) is 0 Å². The number of nitrogens with two attached hydrogens (primary N) is 1. The molecule has 0 bridgehead atoms. The standard InChI is InChI=1S/C17H13ClN6/c18-10-11-3-5-12(6-4-11)24-16(13-2-1-7-20-14(13)19)23-15-17(24)22-9-8-21-15/h1-9H,10H2,(H2,19,20). The zero-order valence-corrected chi connectivity index (χ0v) is 13.4. The average molecular weight is 337 g/mol. The molecule has 0 spiro atoms. The highest BCUT2D eigenvalue weighted by molar-refractivity contribution is 6.17. The molecule has 0 saturated heterocycles. The zero-order chi connectivity index (χ0) is 16.5. The summed E-state index contributed by atoms with van der Waals surface area (Å²) in [4.78, 5) is 17.5. The van der Waals surface area contributed by atoms with Crippen LogP contribution in [0, 0.1) is 0 Å². The second-order valence-corrected chi connectivity index (χ2v) is 5.48. The van der Waals surface area contributed by atoms with Crippen molar-refractivity contribution >= 4 is 28.7 Å². The molecule has 0 radical (unpaired) electrons. The second-order valence-electron chi connectivity index (χ2n) is 5.21. The molecule has 2 N–H and O–H groups in total. The Kier molecular flexibility index (Phi) is 3.59. The Morgan fingerprint density at radius 1 is 0.958 bits per heavy atom. The Morgan fingerprint density at radius 2 is 1.75 bits per heavy atom. The van der Waals surface area contributed by atoms with E-state index in [0.29, 0.717) is 28.8 Å². The van der Waals surface area contributed by atoms with Gasteiger partial charge in [0.1, 0.15) is 5.82 Å². The summed E-state index contributed by atoms with van der Waals surface area (Å²) in [6.45, 7) is 0. The van der Waals surface area contributed by atoms with Crippen molar-refractivity contribution in [2.75, 3.05) is 5.73 Å². The highest BCUT2D eigenvalue weighted by Gasteiger charge is 2.18. The first kappa shape index (κ1) is 14.6. The molecule has 24 heavy (non-hydrogen) atoms. The van der Waals surface area contributed by atoms with Gasteiger partial charge in [-0.05, 0) is 29.8 Å². The Hall–Kier alpha value is -2.99. The van der Waals surface area contributed by atoms with Gasteiger partial charge in [-0.15, -0.1) is 11.6 Å². The molecule has 0 amide bonds. The van der Waals surface area contributed by atoms with E-state index in [1.54, 1.807) is 18.6 Å². The molecule has 3 aromatic heterocycles. The van der Waals surface area contributed by atoms with Gasteiger partial charge >= 0.3 is 0 Å². The number of benzene rings is 1. The molecule has 0 aliphatic carbocycles. The maximum Gasteiger partial charge on any atom is 0.198 e. The van der Waals surface area contributed by atoms with Crippen LogP contribution in [-0.4, -0.2) is 24.5 Å². The summed E-state index contributed by atoms with van der Waals surface area (Å²) >= 11 is 5.88. The molecule has 0 unspecified atom stereocenters. The van der Waals surface area contributed by atoms with E-state index in [4.69, 9.17) is 17.3 Å². The topological polar surface area (TPSA) is 82.5 Å². The molecule has 3 heterocycles. The van der Waals surface area contributed by atoms with Gasteiger partial charge in [0.25, 0.3) is 0 Å². The van der Waals surface area contributed by atoms with Gasteiger partial charge in [-0.2, -0.15) is 0 Å². The van der Waals surface area contributed by atoms with E-state index < -0.39 is 0 Å². The first-order valence-corrected chi connectivity index (χ1v) is 7.87. The summed E-state index contributed by atoms with van der Waals surface area (Å²) < 4.78 is 1.92. The maximum absolute atomic E-state index is 6.04. The van der Waals surface area contributed by atoms with Crippen LogP contribution in [0.15, 0.2) is 55.0 Å². The van der Waals surface area contributed by atoms with Crippen LogP contribution in [0.25, 0.3) is 28.4 Å². The molecular formula is C17H13ClN6.